The van der Waals surface area contributed by atoms with Crippen LogP contribution in [-0.4, -0.2) is 9.55 Å². The summed E-state index contributed by atoms with van der Waals surface area (Å²) in [5, 5.41) is 1.50. The van der Waals surface area contributed by atoms with Crippen molar-refractivity contribution in [2.45, 2.75) is 6.92 Å². The van der Waals surface area contributed by atoms with Crippen LogP contribution in [0.4, 0.5) is 5.00 Å². The summed E-state index contributed by atoms with van der Waals surface area (Å²) in [5.41, 5.74) is 8.85. The summed E-state index contributed by atoms with van der Waals surface area (Å²) in [5.74, 6) is 0.861. The van der Waals surface area contributed by atoms with Crippen LogP contribution in [0.5, 0.6) is 0 Å². The highest BCUT2D eigenvalue weighted by molar-refractivity contribution is 7.16. The molecule has 0 saturated carbocycles. The number of nitrogens with zero attached hydrogens (tertiary/aromatic N) is 2. The molecule has 3 aromatic rings. The van der Waals surface area contributed by atoms with E-state index in [1.807, 2.05) is 36.7 Å². The predicted molar refractivity (Wildman–Crippen MR) is 78.2 cm³/mol. The minimum atomic E-state index is 0.708. The molecule has 0 fully saturated rings. The topological polar surface area (TPSA) is 43.8 Å². The van der Waals surface area contributed by atoms with Crippen LogP contribution in [0.15, 0.2) is 24.3 Å². The van der Waals surface area contributed by atoms with E-state index < -0.39 is 0 Å². The number of para-hydroxylation sites is 1. The zero-order valence-corrected chi connectivity index (χ0v) is 11.6. The Balaban J connectivity index is 2.34. The van der Waals surface area contributed by atoms with Crippen molar-refractivity contribution in [1.29, 1.82) is 0 Å². The first-order valence-electron chi connectivity index (χ1n) is 5.55. The third-order valence-corrected chi connectivity index (χ3v) is 4.15. The Hall–Kier alpha value is -1.52. The van der Waals surface area contributed by atoms with Crippen LogP contribution in [0.1, 0.15) is 4.88 Å². The Kier molecular flexibility index (Phi) is 2.57. The van der Waals surface area contributed by atoms with Gasteiger partial charge in [0.1, 0.15) is 5.82 Å². The van der Waals surface area contributed by atoms with Crippen molar-refractivity contribution in [1.82, 2.24) is 9.55 Å². The maximum absolute atomic E-state index is 6.22. The van der Waals surface area contributed by atoms with Gasteiger partial charge in [-0.25, -0.2) is 4.98 Å². The Bertz CT molecular complexity index is 742. The molecule has 2 N–H and O–H groups in total. The zero-order valence-electron chi connectivity index (χ0n) is 10.1. The van der Waals surface area contributed by atoms with E-state index in [1.54, 1.807) is 11.3 Å². The van der Waals surface area contributed by atoms with Gasteiger partial charge in [-0.3, -0.25) is 0 Å². The first-order valence-corrected chi connectivity index (χ1v) is 6.74. The first-order chi connectivity index (χ1) is 8.58. The van der Waals surface area contributed by atoms with E-state index in [1.165, 1.54) is 4.88 Å². The minimum absolute atomic E-state index is 0.708. The van der Waals surface area contributed by atoms with E-state index in [0.717, 1.165) is 27.4 Å². The van der Waals surface area contributed by atoms with Crippen molar-refractivity contribution in [3.05, 3.63) is 34.2 Å². The summed E-state index contributed by atoms with van der Waals surface area (Å²) < 4.78 is 2.00. The molecule has 2 aromatic heterocycles. The van der Waals surface area contributed by atoms with E-state index in [-0.39, 0.29) is 0 Å². The number of aromatic nitrogens is 2. The molecule has 0 bridgehead atoms. The molecule has 1 aromatic carbocycles. The molecule has 0 saturated heterocycles. The standard InChI is InChI=1S/C13H12ClN3S/c1-7-6-8(12(15)18-7)13-16-10-5-3-4-9(14)11(10)17(13)2/h3-6H,15H2,1-2H3. The molecule has 5 heteroatoms. The maximum atomic E-state index is 6.22. The smallest absolute Gasteiger partial charge is 0.143 e. The summed E-state index contributed by atoms with van der Waals surface area (Å²) in [6.07, 6.45) is 0. The molecule has 0 aliphatic heterocycles. The number of halogens is 1. The molecule has 0 radical (unpaired) electrons. The number of hydrogen-bond donors (Lipinski definition) is 1. The van der Waals surface area contributed by atoms with Gasteiger partial charge < -0.3 is 10.3 Å². The summed E-state index contributed by atoms with van der Waals surface area (Å²) in [6, 6.07) is 7.80. The van der Waals surface area contributed by atoms with Crippen molar-refractivity contribution in [2.75, 3.05) is 5.73 Å². The number of rotatable bonds is 1. The lowest BCUT2D eigenvalue weighted by molar-refractivity contribution is 0.960. The van der Waals surface area contributed by atoms with E-state index in [0.29, 0.717) is 5.02 Å². The van der Waals surface area contributed by atoms with Gasteiger partial charge in [0.2, 0.25) is 0 Å². The minimum Gasteiger partial charge on any atom is -0.390 e. The second kappa shape index (κ2) is 4.00. The van der Waals surface area contributed by atoms with Gasteiger partial charge in [-0.05, 0) is 25.1 Å². The van der Waals surface area contributed by atoms with Crippen molar-refractivity contribution in [3.63, 3.8) is 0 Å². The lowest BCUT2D eigenvalue weighted by Crippen LogP contribution is -1.94. The lowest BCUT2D eigenvalue weighted by atomic mass is 10.3. The van der Waals surface area contributed by atoms with E-state index in [9.17, 15) is 0 Å². The Morgan fingerprint density at radius 2 is 2.17 bits per heavy atom. The van der Waals surface area contributed by atoms with Crippen LogP contribution in [-0.2, 0) is 7.05 Å². The van der Waals surface area contributed by atoms with Gasteiger partial charge in [0.15, 0.2) is 0 Å². The van der Waals surface area contributed by atoms with Crippen LogP contribution >= 0.6 is 22.9 Å². The highest BCUT2D eigenvalue weighted by atomic mass is 35.5. The number of aryl methyl sites for hydroxylation is 2. The fraction of sp³-hybridized carbons (Fsp3) is 0.154. The van der Waals surface area contributed by atoms with Gasteiger partial charge >= 0.3 is 0 Å². The lowest BCUT2D eigenvalue weighted by Gasteiger charge is -2.02. The highest BCUT2D eigenvalue weighted by Crippen LogP contribution is 2.35. The van der Waals surface area contributed by atoms with Crippen LogP contribution < -0.4 is 5.73 Å². The van der Waals surface area contributed by atoms with Gasteiger partial charge in [-0.15, -0.1) is 11.3 Å². The Morgan fingerprint density at radius 3 is 2.78 bits per heavy atom. The number of nitrogen functional groups attached to an aromatic ring is 1. The second-order valence-corrected chi connectivity index (χ2v) is 5.93. The van der Waals surface area contributed by atoms with Gasteiger partial charge in [-0.1, -0.05) is 17.7 Å². The van der Waals surface area contributed by atoms with Crippen molar-refractivity contribution in [3.8, 4) is 11.4 Å². The Morgan fingerprint density at radius 1 is 1.39 bits per heavy atom. The number of anilines is 1. The van der Waals surface area contributed by atoms with E-state index >= 15 is 0 Å². The van der Waals surface area contributed by atoms with Crippen molar-refractivity contribution >= 4 is 39.0 Å². The Labute approximate surface area is 114 Å². The molecule has 0 amide bonds. The van der Waals surface area contributed by atoms with Crippen LogP contribution in [0.3, 0.4) is 0 Å². The largest absolute Gasteiger partial charge is 0.390 e. The monoisotopic (exact) mass is 277 g/mol. The fourth-order valence-electron chi connectivity index (χ4n) is 2.17. The molecule has 0 spiro atoms. The number of imidazole rings is 1. The fourth-order valence-corrected chi connectivity index (χ4v) is 3.25. The molecule has 3 rings (SSSR count). The van der Waals surface area contributed by atoms with Crippen LogP contribution in [0.25, 0.3) is 22.4 Å². The SMILES string of the molecule is Cc1cc(-c2nc3cccc(Cl)c3n2C)c(N)s1. The maximum Gasteiger partial charge on any atom is 0.143 e. The van der Waals surface area contributed by atoms with Gasteiger partial charge in [0.25, 0.3) is 0 Å². The average molecular weight is 278 g/mol. The number of nitrogens with two attached hydrogens (primary N) is 1. The zero-order chi connectivity index (χ0) is 12.9. The van der Waals surface area contributed by atoms with E-state index in [2.05, 4.69) is 11.1 Å². The molecule has 3 nitrogen and oxygen atoms in total. The number of hydrogen-bond acceptors (Lipinski definition) is 3. The summed E-state index contributed by atoms with van der Waals surface area (Å²) in [6.45, 7) is 2.04. The molecule has 0 aliphatic carbocycles. The third kappa shape index (κ3) is 1.61. The molecule has 0 atom stereocenters. The molecule has 0 unspecified atom stereocenters. The normalized spacial score (nSPS) is 11.3. The molecular weight excluding hydrogens is 266 g/mol. The van der Waals surface area contributed by atoms with Gasteiger partial charge in [0.05, 0.1) is 26.6 Å². The third-order valence-electron chi connectivity index (χ3n) is 2.97. The number of fused-ring (bicyclic) bond motifs is 1. The van der Waals surface area contributed by atoms with Crippen molar-refractivity contribution in [2.24, 2.45) is 7.05 Å². The summed E-state index contributed by atoms with van der Waals surface area (Å²) in [7, 11) is 1.96. The first kappa shape index (κ1) is 11.6. The number of benzene rings is 1. The molecule has 18 heavy (non-hydrogen) atoms. The number of thiophene rings is 1. The van der Waals surface area contributed by atoms with Crippen molar-refractivity contribution < 1.29 is 0 Å². The predicted octanol–water partition coefficient (Wildman–Crippen LogP) is 3.85. The van der Waals surface area contributed by atoms with Gasteiger partial charge in [0, 0.05) is 11.9 Å². The highest BCUT2D eigenvalue weighted by Gasteiger charge is 2.15. The quantitative estimate of drug-likeness (QED) is 0.734. The van der Waals surface area contributed by atoms with E-state index in [4.69, 9.17) is 17.3 Å². The molecule has 92 valence electrons. The summed E-state index contributed by atoms with van der Waals surface area (Å²) >= 11 is 7.80. The van der Waals surface area contributed by atoms with Gasteiger partial charge in [-0.2, -0.15) is 0 Å². The molecule has 0 aliphatic rings. The average Bonchev–Trinajstić information content (AvgIpc) is 2.80. The molecule has 2 heterocycles. The van der Waals surface area contributed by atoms with Crippen LogP contribution in [0.2, 0.25) is 5.02 Å². The van der Waals surface area contributed by atoms with Crippen LogP contribution in [0, 0.1) is 6.92 Å². The second-order valence-electron chi connectivity index (χ2n) is 4.24. The summed E-state index contributed by atoms with van der Waals surface area (Å²) in [4.78, 5) is 5.80. The molecular formula is C13H12ClN3S.